The van der Waals surface area contributed by atoms with Gasteiger partial charge in [0, 0.05) is 19.3 Å². The highest BCUT2D eigenvalue weighted by atomic mass is 32.2. The molecule has 0 bridgehead atoms. The molecule has 0 saturated heterocycles. The first-order chi connectivity index (χ1) is 8.86. The lowest BCUT2D eigenvalue weighted by Gasteiger charge is -2.09. The summed E-state index contributed by atoms with van der Waals surface area (Å²) in [6.45, 7) is 3.86. The summed E-state index contributed by atoms with van der Waals surface area (Å²) in [5, 5.41) is 3.99. The largest absolute Gasteiger partial charge is 0.381 e. The number of nitrogens with one attached hydrogen (secondary N) is 1. The van der Waals surface area contributed by atoms with Crippen molar-refractivity contribution in [2.75, 3.05) is 32.9 Å². The molecule has 1 rings (SSSR count). The molecule has 1 aromatic heterocycles. The molecule has 3 N–H and O–H groups in total. The Labute approximate surface area is 114 Å². The van der Waals surface area contributed by atoms with Crippen LogP contribution < -0.4 is 10.5 Å². The van der Waals surface area contributed by atoms with Gasteiger partial charge in [-0.05, 0) is 33.5 Å². The van der Waals surface area contributed by atoms with E-state index in [0.29, 0.717) is 13.1 Å². The molecule has 0 spiro atoms. The second kappa shape index (κ2) is 6.88. The van der Waals surface area contributed by atoms with Gasteiger partial charge in [0.15, 0.2) is 5.82 Å². The molecular formula is C11H23N5O2S. The lowest BCUT2D eigenvalue weighted by atomic mass is 10.4. The Morgan fingerprint density at radius 3 is 2.74 bits per heavy atom. The van der Waals surface area contributed by atoms with Crippen molar-refractivity contribution in [3.05, 3.63) is 6.20 Å². The van der Waals surface area contributed by atoms with Crippen molar-refractivity contribution in [3.63, 3.8) is 0 Å². The fourth-order valence-electron chi connectivity index (χ4n) is 1.65. The number of aromatic nitrogens is 2. The topological polar surface area (TPSA) is 93.2 Å². The van der Waals surface area contributed by atoms with Crippen molar-refractivity contribution in [2.24, 2.45) is 0 Å². The van der Waals surface area contributed by atoms with E-state index >= 15 is 0 Å². The van der Waals surface area contributed by atoms with Gasteiger partial charge in [-0.1, -0.05) is 6.92 Å². The third-order valence-electron chi connectivity index (χ3n) is 2.57. The van der Waals surface area contributed by atoms with E-state index in [-0.39, 0.29) is 10.7 Å². The average molecular weight is 289 g/mol. The van der Waals surface area contributed by atoms with Gasteiger partial charge in [-0.25, -0.2) is 13.1 Å². The summed E-state index contributed by atoms with van der Waals surface area (Å²) in [6.07, 6.45) is 3.10. The highest BCUT2D eigenvalue weighted by Gasteiger charge is 2.20. The Balaban J connectivity index is 2.66. The molecule has 0 aliphatic rings. The van der Waals surface area contributed by atoms with Crippen LogP contribution in [0.4, 0.5) is 5.82 Å². The van der Waals surface area contributed by atoms with Gasteiger partial charge in [-0.3, -0.25) is 4.68 Å². The molecule has 0 atom stereocenters. The van der Waals surface area contributed by atoms with Crippen molar-refractivity contribution in [1.29, 1.82) is 0 Å². The van der Waals surface area contributed by atoms with E-state index in [4.69, 9.17) is 5.73 Å². The third kappa shape index (κ3) is 4.81. The maximum absolute atomic E-state index is 12.1. The summed E-state index contributed by atoms with van der Waals surface area (Å²) < 4.78 is 28.2. The third-order valence-corrected chi connectivity index (χ3v) is 4.05. The van der Waals surface area contributed by atoms with Crippen LogP contribution in [0.25, 0.3) is 0 Å². The van der Waals surface area contributed by atoms with Gasteiger partial charge in [-0.2, -0.15) is 5.10 Å². The monoisotopic (exact) mass is 289 g/mol. The molecule has 8 heteroatoms. The number of anilines is 1. The second-order valence-electron chi connectivity index (χ2n) is 4.70. The number of hydrogen-bond donors (Lipinski definition) is 2. The predicted molar refractivity (Wildman–Crippen MR) is 75.3 cm³/mol. The zero-order chi connectivity index (χ0) is 14.5. The van der Waals surface area contributed by atoms with Crippen molar-refractivity contribution < 1.29 is 8.42 Å². The van der Waals surface area contributed by atoms with E-state index in [0.717, 1.165) is 19.4 Å². The van der Waals surface area contributed by atoms with Gasteiger partial charge >= 0.3 is 0 Å². The van der Waals surface area contributed by atoms with E-state index in [1.807, 2.05) is 25.9 Å². The van der Waals surface area contributed by atoms with Crippen LogP contribution in [-0.4, -0.2) is 50.3 Å². The van der Waals surface area contributed by atoms with Crippen LogP contribution in [0, 0.1) is 0 Å². The maximum Gasteiger partial charge on any atom is 0.245 e. The average Bonchev–Trinajstić information content (AvgIpc) is 2.67. The molecule has 19 heavy (non-hydrogen) atoms. The van der Waals surface area contributed by atoms with Crippen molar-refractivity contribution in [2.45, 2.75) is 31.2 Å². The Morgan fingerprint density at radius 2 is 2.16 bits per heavy atom. The minimum absolute atomic E-state index is 0.0496. The number of nitrogens with zero attached hydrogens (tertiary/aromatic N) is 3. The Morgan fingerprint density at radius 1 is 1.47 bits per heavy atom. The SMILES string of the molecule is CCCn1cc(S(=O)(=O)NCCCN(C)C)c(N)n1. The highest BCUT2D eigenvalue weighted by Crippen LogP contribution is 2.16. The molecule has 0 aromatic carbocycles. The van der Waals surface area contributed by atoms with Gasteiger partial charge in [0.25, 0.3) is 0 Å². The number of nitrogens with two attached hydrogens (primary N) is 1. The maximum atomic E-state index is 12.1. The lowest BCUT2D eigenvalue weighted by Crippen LogP contribution is -2.27. The van der Waals surface area contributed by atoms with Crippen LogP contribution >= 0.6 is 0 Å². The van der Waals surface area contributed by atoms with E-state index in [1.165, 1.54) is 6.20 Å². The summed E-state index contributed by atoms with van der Waals surface area (Å²) in [7, 11) is 0.328. The molecule has 0 aliphatic carbocycles. The summed E-state index contributed by atoms with van der Waals surface area (Å²) in [4.78, 5) is 2.06. The molecule has 0 radical (unpaired) electrons. The number of hydrogen-bond acceptors (Lipinski definition) is 5. The van der Waals surface area contributed by atoms with Crippen molar-refractivity contribution in [3.8, 4) is 0 Å². The van der Waals surface area contributed by atoms with Crippen molar-refractivity contribution in [1.82, 2.24) is 19.4 Å². The molecule has 1 aromatic rings. The van der Waals surface area contributed by atoms with E-state index in [2.05, 4.69) is 9.82 Å². The van der Waals surface area contributed by atoms with Crippen LogP contribution in [0.2, 0.25) is 0 Å². The van der Waals surface area contributed by atoms with Gasteiger partial charge in [-0.15, -0.1) is 0 Å². The van der Waals surface area contributed by atoms with Crippen LogP contribution in [-0.2, 0) is 16.6 Å². The van der Waals surface area contributed by atoms with E-state index < -0.39 is 10.0 Å². The molecule has 0 saturated carbocycles. The zero-order valence-corrected chi connectivity index (χ0v) is 12.6. The molecule has 0 unspecified atom stereocenters. The van der Waals surface area contributed by atoms with Crippen molar-refractivity contribution >= 4 is 15.8 Å². The Kier molecular flexibility index (Phi) is 5.77. The van der Waals surface area contributed by atoms with Crippen LogP contribution in [0.15, 0.2) is 11.1 Å². The summed E-state index contributed by atoms with van der Waals surface area (Å²) in [5.74, 6) is 0.0496. The molecular weight excluding hydrogens is 266 g/mol. The van der Waals surface area contributed by atoms with Gasteiger partial charge in [0.1, 0.15) is 4.90 Å². The highest BCUT2D eigenvalue weighted by molar-refractivity contribution is 7.89. The normalized spacial score (nSPS) is 12.2. The summed E-state index contributed by atoms with van der Waals surface area (Å²) >= 11 is 0. The fraction of sp³-hybridized carbons (Fsp3) is 0.727. The standard InChI is InChI=1S/C11H23N5O2S/c1-4-7-16-9-10(11(12)14-16)19(17,18)13-6-5-8-15(2)3/h9,13H,4-8H2,1-3H3,(H2,12,14). The van der Waals surface area contributed by atoms with Crippen LogP contribution in [0.5, 0.6) is 0 Å². The number of sulfonamides is 1. The minimum Gasteiger partial charge on any atom is -0.381 e. The van der Waals surface area contributed by atoms with E-state index in [9.17, 15) is 8.42 Å². The molecule has 7 nitrogen and oxygen atoms in total. The molecule has 0 amide bonds. The minimum atomic E-state index is -3.56. The first-order valence-corrected chi connectivity index (χ1v) is 7.82. The van der Waals surface area contributed by atoms with E-state index in [1.54, 1.807) is 4.68 Å². The summed E-state index contributed by atoms with van der Waals surface area (Å²) in [5.41, 5.74) is 5.65. The Hall–Kier alpha value is -1.12. The Bertz CT molecular complexity index is 495. The number of rotatable bonds is 8. The first-order valence-electron chi connectivity index (χ1n) is 6.34. The van der Waals surface area contributed by atoms with Crippen LogP contribution in [0.3, 0.4) is 0 Å². The summed E-state index contributed by atoms with van der Waals surface area (Å²) in [6, 6.07) is 0. The van der Waals surface area contributed by atoms with Gasteiger partial charge < -0.3 is 10.6 Å². The molecule has 0 aliphatic heterocycles. The van der Waals surface area contributed by atoms with Gasteiger partial charge in [0.2, 0.25) is 10.0 Å². The molecule has 0 fully saturated rings. The predicted octanol–water partition coefficient (Wildman–Crippen LogP) is 0.105. The number of nitrogen functional groups attached to an aromatic ring is 1. The second-order valence-corrected chi connectivity index (χ2v) is 6.43. The first kappa shape index (κ1) is 15.9. The lowest BCUT2D eigenvalue weighted by molar-refractivity contribution is 0.400. The zero-order valence-electron chi connectivity index (χ0n) is 11.8. The van der Waals surface area contributed by atoms with Gasteiger partial charge in [0.05, 0.1) is 0 Å². The molecule has 1 heterocycles. The number of aryl methyl sites for hydroxylation is 1. The van der Waals surface area contributed by atoms with Crippen LogP contribution in [0.1, 0.15) is 19.8 Å². The smallest absolute Gasteiger partial charge is 0.245 e. The quantitative estimate of drug-likeness (QED) is 0.662. The molecule has 110 valence electrons. The fourth-order valence-corrected chi connectivity index (χ4v) is 2.79.